The average molecular weight is 395 g/mol. The van der Waals surface area contributed by atoms with Crippen molar-refractivity contribution in [2.45, 2.75) is 58.0 Å². The summed E-state index contributed by atoms with van der Waals surface area (Å²) in [5.41, 5.74) is 3.74. The van der Waals surface area contributed by atoms with E-state index in [1.807, 2.05) is 12.1 Å². The monoisotopic (exact) mass is 394 g/mol. The minimum Gasteiger partial charge on any atom is -0.497 e. The number of hydrogen-bond donors (Lipinski definition) is 1. The van der Waals surface area contributed by atoms with Crippen LogP contribution >= 0.6 is 0 Å². The largest absolute Gasteiger partial charge is 0.497 e. The van der Waals surface area contributed by atoms with Crippen LogP contribution in [0.5, 0.6) is 5.75 Å². The van der Waals surface area contributed by atoms with Crippen LogP contribution in [0.2, 0.25) is 0 Å². The van der Waals surface area contributed by atoms with Crippen molar-refractivity contribution in [1.29, 1.82) is 0 Å². The molecule has 1 aliphatic heterocycles. The van der Waals surface area contributed by atoms with Gasteiger partial charge in [-0.2, -0.15) is 0 Å². The van der Waals surface area contributed by atoms with Crippen LogP contribution in [0.4, 0.5) is 0 Å². The molecule has 1 fully saturated rings. The molecule has 2 atom stereocenters. The molecule has 2 aromatic rings. The van der Waals surface area contributed by atoms with Gasteiger partial charge < -0.3 is 10.1 Å². The van der Waals surface area contributed by atoms with E-state index in [-0.39, 0.29) is 18.0 Å². The number of rotatable bonds is 7. The summed E-state index contributed by atoms with van der Waals surface area (Å²) in [6.07, 6.45) is 5.70. The van der Waals surface area contributed by atoms with Crippen LogP contribution in [0.1, 0.15) is 68.3 Å². The molecular weight excluding hydrogens is 360 g/mol. The molecule has 1 amide bonds. The molecule has 1 aliphatic rings. The Balaban J connectivity index is 1.65. The van der Waals surface area contributed by atoms with Gasteiger partial charge in [-0.25, -0.2) is 0 Å². The van der Waals surface area contributed by atoms with Gasteiger partial charge in [-0.3, -0.25) is 9.69 Å². The van der Waals surface area contributed by atoms with E-state index < -0.39 is 0 Å². The average Bonchev–Trinajstić information content (AvgIpc) is 2.99. The summed E-state index contributed by atoms with van der Waals surface area (Å²) in [6, 6.07) is 17.1. The fourth-order valence-electron chi connectivity index (χ4n) is 4.16. The van der Waals surface area contributed by atoms with E-state index in [4.69, 9.17) is 4.74 Å². The predicted molar refractivity (Wildman–Crippen MR) is 118 cm³/mol. The van der Waals surface area contributed by atoms with Crippen LogP contribution in [0.3, 0.4) is 0 Å². The van der Waals surface area contributed by atoms with Crippen LogP contribution < -0.4 is 10.1 Å². The first-order chi connectivity index (χ1) is 14.1. The minimum atomic E-state index is 0.0137. The highest BCUT2D eigenvalue weighted by Gasteiger charge is 2.25. The van der Waals surface area contributed by atoms with Gasteiger partial charge in [0.25, 0.3) is 0 Å². The van der Waals surface area contributed by atoms with Crippen molar-refractivity contribution in [3.05, 3.63) is 65.2 Å². The van der Waals surface area contributed by atoms with Crippen LogP contribution in [0, 0.1) is 0 Å². The third-order valence-electron chi connectivity index (χ3n) is 5.98. The fraction of sp³-hybridized carbons (Fsp3) is 0.480. The Morgan fingerprint density at radius 3 is 2.48 bits per heavy atom. The molecule has 2 aromatic carbocycles. The summed E-state index contributed by atoms with van der Waals surface area (Å²) in [4.78, 5) is 15.2. The number of carbonyl (C=O) groups is 1. The maximum atomic E-state index is 12.8. The first-order valence-electron chi connectivity index (χ1n) is 10.9. The van der Waals surface area contributed by atoms with E-state index in [9.17, 15) is 4.79 Å². The normalized spacial score (nSPS) is 18.7. The van der Waals surface area contributed by atoms with E-state index in [1.165, 1.54) is 24.0 Å². The van der Waals surface area contributed by atoms with Gasteiger partial charge in [-0.1, -0.05) is 56.2 Å². The molecule has 1 saturated heterocycles. The highest BCUT2D eigenvalue weighted by Crippen LogP contribution is 2.31. The molecule has 0 saturated carbocycles. The van der Waals surface area contributed by atoms with Crippen LogP contribution in [0.15, 0.2) is 48.5 Å². The van der Waals surface area contributed by atoms with Crippen molar-refractivity contribution in [3.63, 3.8) is 0 Å². The molecule has 3 rings (SSSR count). The Labute approximate surface area is 175 Å². The van der Waals surface area contributed by atoms with E-state index >= 15 is 0 Å². The number of likely N-dealkylation sites (tertiary alicyclic amines) is 1. The number of benzene rings is 2. The lowest BCUT2D eigenvalue weighted by atomic mass is 10.0. The smallest absolute Gasteiger partial charge is 0.234 e. The van der Waals surface area contributed by atoms with Crippen LogP contribution in [0.25, 0.3) is 0 Å². The van der Waals surface area contributed by atoms with Gasteiger partial charge >= 0.3 is 0 Å². The third-order valence-corrected chi connectivity index (χ3v) is 5.98. The van der Waals surface area contributed by atoms with Crippen molar-refractivity contribution in [3.8, 4) is 5.75 Å². The van der Waals surface area contributed by atoms with Gasteiger partial charge in [0.05, 0.1) is 19.7 Å². The summed E-state index contributed by atoms with van der Waals surface area (Å²) >= 11 is 0. The van der Waals surface area contributed by atoms with Gasteiger partial charge in [-0.05, 0) is 61.6 Å². The van der Waals surface area contributed by atoms with Gasteiger partial charge in [0.2, 0.25) is 5.91 Å². The number of methoxy groups -OCH3 is 1. The van der Waals surface area contributed by atoms with E-state index in [1.54, 1.807) is 7.11 Å². The van der Waals surface area contributed by atoms with Gasteiger partial charge in [0.15, 0.2) is 0 Å². The SMILES string of the molecule is CCc1ccc(C(C)NC(=O)CN2CCCCCC2c2ccc(OC)cc2)cc1. The quantitative estimate of drug-likeness (QED) is 0.714. The molecule has 2 unspecified atom stereocenters. The van der Waals surface area contributed by atoms with Crippen molar-refractivity contribution in [2.24, 2.45) is 0 Å². The Hall–Kier alpha value is -2.33. The third kappa shape index (κ3) is 5.83. The number of nitrogens with one attached hydrogen (secondary N) is 1. The minimum absolute atomic E-state index is 0.0137. The lowest BCUT2D eigenvalue weighted by molar-refractivity contribution is -0.123. The summed E-state index contributed by atoms with van der Waals surface area (Å²) in [7, 11) is 1.69. The number of aryl methyl sites for hydroxylation is 1. The second-order valence-electron chi connectivity index (χ2n) is 7.99. The lowest BCUT2D eigenvalue weighted by Crippen LogP contribution is -2.40. The summed E-state index contributed by atoms with van der Waals surface area (Å²) in [6.45, 7) is 5.61. The molecule has 4 nitrogen and oxygen atoms in total. The van der Waals surface area contributed by atoms with Crippen molar-refractivity contribution in [2.75, 3.05) is 20.2 Å². The standard InChI is InChI=1S/C25H34N2O2/c1-4-20-9-11-21(12-10-20)19(2)26-25(28)18-27-17-7-5-6-8-24(27)22-13-15-23(29-3)16-14-22/h9-16,19,24H,4-8,17-18H2,1-3H3,(H,26,28). The zero-order valence-corrected chi connectivity index (χ0v) is 18.0. The summed E-state index contributed by atoms with van der Waals surface area (Å²) in [5.74, 6) is 0.965. The summed E-state index contributed by atoms with van der Waals surface area (Å²) in [5, 5.41) is 3.19. The van der Waals surface area contributed by atoms with Crippen LogP contribution in [-0.2, 0) is 11.2 Å². The second-order valence-corrected chi connectivity index (χ2v) is 7.99. The topological polar surface area (TPSA) is 41.6 Å². The molecule has 156 valence electrons. The molecular formula is C25H34N2O2. The predicted octanol–water partition coefficient (Wildman–Crippen LogP) is 5.05. The maximum absolute atomic E-state index is 12.8. The molecule has 1 N–H and O–H groups in total. The van der Waals surface area contributed by atoms with Gasteiger partial charge in [0, 0.05) is 6.04 Å². The number of hydrogen-bond acceptors (Lipinski definition) is 3. The first kappa shape index (κ1) is 21.4. The molecule has 0 radical (unpaired) electrons. The van der Waals surface area contributed by atoms with E-state index in [0.717, 1.165) is 37.1 Å². The molecule has 1 heterocycles. The van der Waals surface area contributed by atoms with E-state index in [2.05, 4.69) is 60.5 Å². The molecule has 0 spiro atoms. The molecule has 0 bridgehead atoms. The molecule has 4 heteroatoms. The molecule has 29 heavy (non-hydrogen) atoms. The van der Waals surface area contributed by atoms with Crippen LogP contribution in [-0.4, -0.2) is 31.0 Å². The number of ether oxygens (including phenoxy) is 1. The van der Waals surface area contributed by atoms with Crippen molar-refractivity contribution < 1.29 is 9.53 Å². The summed E-state index contributed by atoms with van der Waals surface area (Å²) < 4.78 is 5.30. The zero-order valence-electron chi connectivity index (χ0n) is 18.0. The first-order valence-corrected chi connectivity index (χ1v) is 10.9. The Morgan fingerprint density at radius 1 is 1.10 bits per heavy atom. The van der Waals surface area contributed by atoms with Crippen molar-refractivity contribution in [1.82, 2.24) is 10.2 Å². The number of amides is 1. The number of carbonyl (C=O) groups excluding carboxylic acids is 1. The Kier molecular flexibility index (Phi) is 7.70. The number of nitrogens with zero attached hydrogens (tertiary/aromatic N) is 1. The van der Waals surface area contributed by atoms with E-state index in [0.29, 0.717) is 6.54 Å². The molecule has 0 aliphatic carbocycles. The Bertz CT molecular complexity index is 770. The van der Waals surface area contributed by atoms with Gasteiger partial charge in [0.1, 0.15) is 5.75 Å². The highest BCUT2D eigenvalue weighted by molar-refractivity contribution is 5.78. The van der Waals surface area contributed by atoms with Crippen molar-refractivity contribution >= 4 is 5.91 Å². The Morgan fingerprint density at radius 2 is 1.83 bits per heavy atom. The fourth-order valence-corrected chi connectivity index (χ4v) is 4.16. The van der Waals surface area contributed by atoms with Gasteiger partial charge in [-0.15, -0.1) is 0 Å². The zero-order chi connectivity index (χ0) is 20.6. The highest BCUT2D eigenvalue weighted by atomic mass is 16.5. The second kappa shape index (κ2) is 10.4. The maximum Gasteiger partial charge on any atom is 0.234 e. The lowest BCUT2D eigenvalue weighted by Gasteiger charge is -2.30. The molecule has 0 aromatic heterocycles.